The summed E-state index contributed by atoms with van der Waals surface area (Å²) in [6.45, 7) is 7.22. The third-order valence-corrected chi connectivity index (χ3v) is 5.51. The summed E-state index contributed by atoms with van der Waals surface area (Å²) in [5.41, 5.74) is 3.01. The van der Waals surface area contributed by atoms with Crippen molar-refractivity contribution in [3.8, 4) is 0 Å². The van der Waals surface area contributed by atoms with Gasteiger partial charge in [0.25, 0.3) is 0 Å². The molecule has 0 aliphatic rings. The second-order valence-electron chi connectivity index (χ2n) is 7.92. The lowest BCUT2D eigenvalue weighted by Crippen LogP contribution is -2.45. The second-order valence-corrected chi connectivity index (χ2v) is 7.92. The van der Waals surface area contributed by atoms with E-state index >= 15 is 0 Å². The van der Waals surface area contributed by atoms with E-state index in [1.807, 2.05) is 19.9 Å². The Labute approximate surface area is 183 Å². The van der Waals surface area contributed by atoms with E-state index in [2.05, 4.69) is 10.6 Å². The standard InChI is InChI=1S/C23H26N2O7/c1-11-10-31-20-13(3)21-16(8-15(11)20)12(2)17(23(30)32-21)9-18(26)25-14(4)22(29)24-7-5-6-19(27)28/h8,10,14H,5-7,9H2,1-4H3,(H,24,29)(H,25,26)(H,27,28)/t14-/m0/s1. The number of carbonyl (C=O) groups is 3. The minimum atomic E-state index is -0.941. The van der Waals surface area contributed by atoms with Crippen molar-refractivity contribution in [3.63, 3.8) is 0 Å². The van der Waals surface area contributed by atoms with E-state index in [-0.39, 0.29) is 24.9 Å². The molecule has 32 heavy (non-hydrogen) atoms. The molecule has 0 saturated carbocycles. The van der Waals surface area contributed by atoms with Crippen molar-refractivity contribution in [2.45, 2.75) is 53.0 Å². The van der Waals surface area contributed by atoms with Crippen LogP contribution in [0, 0.1) is 20.8 Å². The molecule has 2 heterocycles. The minimum absolute atomic E-state index is 0.0534. The summed E-state index contributed by atoms with van der Waals surface area (Å²) in [5.74, 6) is -1.87. The van der Waals surface area contributed by atoms with Crippen molar-refractivity contribution in [1.82, 2.24) is 10.6 Å². The largest absolute Gasteiger partial charge is 0.481 e. The smallest absolute Gasteiger partial charge is 0.340 e. The molecule has 2 aromatic heterocycles. The van der Waals surface area contributed by atoms with Gasteiger partial charge in [0.15, 0.2) is 0 Å². The van der Waals surface area contributed by atoms with E-state index in [1.165, 1.54) is 6.92 Å². The SMILES string of the molecule is Cc1coc2c(C)c3oc(=O)c(CC(=O)N[C@@H](C)C(=O)NCCCC(=O)O)c(C)c3cc12. The quantitative estimate of drug-likeness (QED) is 0.360. The molecule has 1 atom stereocenters. The summed E-state index contributed by atoms with van der Waals surface area (Å²) in [7, 11) is 0. The molecule has 9 heteroatoms. The topological polar surface area (TPSA) is 139 Å². The number of carbonyl (C=O) groups excluding carboxylic acids is 2. The second kappa shape index (κ2) is 9.25. The fraction of sp³-hybridized carbons (Fsp3) is 0.391. The number of aryl methyl sites for hydroxylation is 3. The number of amides is 2. The maximum Gasteiger partial charge on any atom is 0.340 e. The zero-order valence-corrected chi connectivity index (χ0v) is 18.5. The number of hydrogen-bond acceptors (Lipinski definition) is 6. The molecule has 0 bridgehead atoms. The van der Waals surface area contributed by atoms with Gasteiger partial charge in [-0.05, 0) is 51.3 Å². The van der Waals surface area contributed by atoms with Crippen LogP contribution in [0.25, 0.3) is 21.9 Å². The Hall–Kier alpha value is -3.62. The normalized spacial score (nSPS) is 12.1. The molecule has 0 spiro atoms. The first-order valence-corrected chi connectivity index (χ1v) is 10.3. The maximum atomic E-state index is 12.6. The molecule has 0 saturated heterocycles. The van der Waals surface area contributed by atoms with Gasteiger partial charge in [0.1, 0.15) is 17.2 Å². The first kappa shape index (κ1) is 23.1. The highest BCUT2D eigenvalue weighted by Gasteiger charge is 2.21. The molecule has 2 amide bonds. The first-order valence-electron chi connectivity index (χ1n) is 10.3. The summed E-state index contributed by atoms with van der Waals surface area (Å²) in [4.78, 5) is 47.7. The molecule has 3 aromatic rings. The van der Waals surface area contributed by atoms with E-state index in [0.717, 1.165) is 21.9 Å². The summed E-state index contributed by atoms with van der Waals surface area (Å²) in [5, 5.41) is 15.4. The van der Waals surface area contributed by atoms with Gasteiger partial charge in [-0.3, -0.25) is 14.4 Å². The van der Waals surface area contributed by atoms with Crippen LogP contribution in [0.4, 0.5) is 0 Å². The number of rotatable bonds is 8. The predicted molar refractivity (Wildman–Crippen MR) is 118 cm³/mol. The zero-order valence-electron chi connectivity index (χ0n) is 18.5. The van der Waals surface area contributed by atoms with Crippen molar-refractivity contribution in [3.05, 3.63) is 45.0 Å². The molecule has 170 valence electrons. The van der Waals surface area contributed by atoms with Crippen LogP contribution < -0.4 is 16.3 Å². The Morgan fingerprint density at radius 1 is 1.09 bits per heavy atom. The average Bonchev–Trinajstić information content (AvgIpc) is 3.10. The predicted octanol–water partition coefficient (Wildman–Crippen LogP) is 2.49. The lowest BCUT2D eigenvalue weighted by Gasteiger charge is -2.15. The van der Waals surface area contributed by atoms with Crippen LogP contribution in [0.1, 0.15) is 42.0 Å². The molecule has 3 rings (SSSR count). The molecule has 0 radical (unpaired) electrons. The van der Waals surface area contributed by atoms with Crippen LogP contribution in [0.3, 0.4) is 0 Å². The highest BCUT2D eigenvalue weighted by molar-refractivity contribution is 6.00. The highest BCUT2D eigenvalue weighted by Crippen LogP contribution is 2.32. The number of benzene rings is 1. The first-order chi connectivity index (χ1) is 15.1. The van der Waals surface area contributed by atoms with Gasteiger partial charge in [-0.1, -0.05) is 0 Å². The summed E-state index contributed by atoms with van der Waals surface area (Å²) in [6.07, 6.45) is 1.65. The molecular weight excluding hydrogens is 416 g/mol. The Bertz CT molecular complexity index is 1270. The maximum absolute atomic E-state index is 12.6. The molecule has 0 aliphatic carbocycles. The summed E-state index contributed by atoms with van der Waals surface area (Å²) >= 11 is 0. The molecule has 9 nitrogen and oxygen atoms in total. The molecule has 3 N–H and O–H groups in total. The average molecular weight is 442 g/mol. The van der Waals surface area contributed by atoms with Crippen molar-refractivity contribution >= 4 is 39.7 Å². The molecule has 1 aromatic carbocycles. The number of hydrogen-bond donors (Lipinski definition) is 3. The number of carboxylic acid groups (broad SMARTS) is 1. The Kier molecular flexibility index (Phi) is 6.67. The van der Waals surface area contributed by atoms with Gasteiger partial charge in [-0.2, -0.15) is 0 Å². The summed E-state index contributed by atoms with van der Waals surface area (Å²) in [6, 6.07) is 1.05. The van der Waals surface area contributed by atoms with Crippen molar-refractivity contribution in [2.75, 3.05) is 6.54 Å². The number of aliphatic carboxylic acids is 1. The van der Waals surface area contributed by atoms with Gasteiger partial charge in [0.05, 0.1) is 18.2 Å². The van der Waals surface area contributed by atoms with E-state index in [4.69, 9.17) is 13.9 Å². The zero-order chi connectivity index (χ0) is 23.6. The van der Waals surface area contributed by atoms with E-state index in [9.17, 15) is 19.2 Å². The van der Waals surface area contributed by atoms with Crippen molar-refractivity contribution in [1.29, 1.82) is 0 Å². The van der Waals surface area contributed by atoms with Crippen LogP contribution in [0.15, 0.2) is 26.0 Å². The molecule has 0 aliphatic heterocycles. The number of nitrogens with one attached hydrogen (secondary N) is 2. The van der Waals surface area contributed by atoms with Crippen LogP contribution in [-0.4, -0.2) is 35.5 Å². The number of fused-ring (bicyclic) bond motifs is 2. The Morgan fingerprint density at radius 2 is 1.81 bits per heavy atom. The van der Waals surface area contributed by atoms with Gasteiger partial charge in [-0.25, -0.2) is 4.79 Å². The van der Waals surface area contributed by atoms with Crippen LogP contribution >= 0.6 is 0 Å². The Balaban J connectivity index is 1.76. The molecule has 0 unspecified atom stereocenters. The van der Waals surface area contributed by atoms with Crippen LogP contribution in [0.2, 0.25) is 0 Å². The van der Waals surface area contributed by atoms with Crippen molar-refractivity contribution < 1.29 is 28.3 Å². The third kappa shape index (κ3) is 4.66. The fourth-order valence-corrected chi connectivity index (χ4v) is 3.65. The lowest BCUT2D eigenvalue weighted by molar-refractivity contribution is -0.137. The van der Waals surface area contributed by atoms with Crippen LogP contribution in [0.5, 0.6) is 0 Å². The van der Waals surface area contributed by atoms with Crippen molar-refractivity contribution in [2.24, 2.45) is 0 Å². The van der Waals surface area contributed by atoms with Gasteiger partial charge in [0.2, 0.25) is 11.8 Å². The van der Waals surface area contributed by atoms with Crippen LogP contribution in [-0.2, 0) is 20.8 Å². The van der Waals surface area contributed by atoms with Gasteiger partial charge >= 0.3 is 11.6 Å². The third-order valence-electron chi connectivity index (χ3n) is 5.51. The number of furan rings is 1. The number of carboxylic acids is 1. The minimum Gasteiger partial charge on any atom is -0.481 e. The van der Waals surface area contributed by atoms with E-state index < -0.39 is 29.5 Å². The molecule has 0 fully saturated rings. The van der Waals surface area contributed by atoms with E-state index in [1.54, 1.807) is 13.2 Å². The monoisotopic (exact) mass is 442 g/mol. The van der Waals surface area contributed by atoms with Gasteiger partial charge in [0, 0.05) is 29.3 Å². The Morgan fingerprint density at radius 3 is 2.50 bits per heavy atom. The van der Waals surface area contributed by atoms with Gasteiger partial charge in [-0.15, -0.1) is 0 Å². The fourth-order valence-electron chi connectivity index (χ4n) is 3.65. The molecular formula is C23H26N2O7. The highest BCUT2D eigenvalue weighted by atomic mass is 16.4. The van der Waals surface area contributed by atoms with Gasteiger partial charge < -0.3 is 24.6 Å². The lowest BCUT2D eigenvalue weighted by atomic mass is 9.99. The van der Waals surface area contributed by atoms with E-state index in [0.29, 0.717) is 23.2 Å². The summed E-state index contributed by atoms with van der Waals surface area (Å²) < 4.78 is 11.1.